The van der Waals surface area contributed by atoms with E-state index in [1.807, 2.05) is 24.3 Å². The minimum Gasteiger partial charge on any atom is -0.497 e. The molecule has 1 aliphatic carbocycles. The van der Waals surface area contributed by atoms with Gasteiger partial charge in [0.1, 0.15) is 11.4 Å². The number of carbonyl (C=O) groups excluding carboxylic acids is 1. The summed E-state index contributed by atoms with van der Waals surface area (Å²) in [7, 11) is 1.69. The molecule has 1 aromatic heterocycles. The van der Waals surface area contributed by atoms with E-state index in [0.29, 0.717) is 12.1 Å². The van der Waals surface area contributed by atoms with Crippen LogP contribution in [0.2, 0.25) is 0 Å². The number of nitrogens with zero attached hydrogens (tertiary/aromatic N) is 3. The van der Waals surface area contributed by atoms with Gasteiger partial charge in [0.2, 0.25) is 0 Å². The second-order valence-electron chi connectivity index (χ2n) is 7.88. The largest absolute Gasteiger partial charge is 0.497 e. The van der Waals surface area contributed by atoms with Gasteiger partial charge in [-0.2, -0.15) is 0 Å². The van der Waals surface area contributed by atoms with E-state index in [4.69, 9.17) is 4.74 Å². The van der Waals surface area contributed by atoms with Crippen molar-refractivity contribution >= 4 is 5.91 Å². The summed E-state index contributed by atoms with van der Waals surface area (Å²) in [5.41, 5.74) is 2.15. The highest BCUT2D eigenvalue weighted by molar-refractivity contribution is 5.94. The number of carbonyl (C=O) groups is 1. The summed E-state index contributed by atoms with van der Waals surface area (Å²) in [6, 6.07) is 13.0. The van der Waals surface area contributed by atoms with Gasteiger partial charge < -0.3 is 14.2 Å². The van der Waals surface area contributed by atoms with E-state index in [1.54, 1.807) is 7.11 Å². The number of hydrogen-bond acceptors (Lipinski definition) is 3. The normalized spacial score (nSPS) is 25.3. The first-order valence-corrected chi connectivity index (χ1v) is 9.56. The van der Waals surface area contributed by atoms with Crippen LogP contribution in [-0.4, -0.2) is 53.1 Å². The molecule has 2 atom stereocenters. The van der Waals surface area contributed by atoms with E-state index in [2.05, 4.69) is 32.7 Å². The molecule has 1 aromatic carbocycles. The van der Waals surface area contributed by atoms with Gasteiger partial charge in [-0.25, -0.2) is 0 Å². The first-order chi connectivity index (χ1) is 12.7. The van der Waals surface area contributed by atoms with Crippen LogP contribution in [0.4, 0.5) is 0 Å². The summed E-state index contributed by atoms with van der Waals surface area (Å²) < 4.78 is 7.47. The molecule has 1 saturated heterocycles. The van der Waals surface area contributed by atoms with Gasteiger partial charge in [-0.15, -0.1) is 0 Å². The van der Waals surface area contributed by atoms with Crippen LogP contribution < -0.4 is 4.74 Å². The van der Waals surface area contributed by atoms with Crippen LogP contribution in [0.25, 0.3) is 0 Å². The van der Waals surface area contributed by atoms with Crippen molar-refractivity contribution < 1.29 is 9.53 Å². The molecule has 0 unspecified atom stereocenters. The molecule has 0 spiro atoms. The van der Waals surface area contributed by atoms with E-state index >= 15 is 0 Å². The SMILES string of the molecule is COc1ccc(CN2C[C@@H]3[C@H](C2)N(CC2CC2)C(=O)c2cccn23)cc1. The predicted molar refractivity (Wildman–Crippen MR) is 99.3 cm³/mol. The Morgan fingerprint density at radius 1 is 1.08 bits per heavy atom. The Morgan fingerprint density at radius 2 is 1.85 bits per heavy atom. The molecule has 5 heteroatoms. The molecular weight excluding hydrogens is 326 g/mol. The van der Waals surface area contributed by atoms with Gasteiger partial charge in [-0.05, 0) is 48.6 Å². The fourth-order valence-corrected chi connectivity index (χ4v) is 4.50. The predicted octanol–water partition coefficient (Wildman–Crippen LogP) is 2.79. The van der Waals surface area contributed by atoms with Crippen molar-refractivity contribution in [1.29, 1.82) is 0 Å². The zero-order chi connectivity index (χ0) is 17.7. The summed E-state index contributed by atoms with van der Waals surface area (Å²) >= 11 is 0. The van der Waals surface area contributed by atoms with Crippen molar-refractivity contribution in [3.8, 4) is 5.75 Å². The number of rotatable bonds is 5. The molecule has 1 amide bonds. The third kappa shape index (κ3) is 2.71. The number of methoxy groups -OCH3 is 1. The average molecular weight is 351 g/mol. The van der Waals surface area contributed by atoms with Crippen molar-refractivity contribution in [2.45, 2.75) is 31.5 Å². The van der Waals surface area contributed by atoms with Gasteiger partial charge in [0, 0.05) is 32.4 Å². The van der Waals surface area contributed by atoms with Crippen LogP contribution in [0, 0.1) is 5.92 Å². The number of amides is 1. The number of benzene rings is 1. The van der Waals surface area contributed by atoms with Crippen LogP contribution >= 0.6 is 0 Å². The maximum Gasteiger partial charge on any atom is 0.270 e. The van der Waals surface area contributed by atoms with Gasteiger partial charge in [0.25, 0.3) is 5.91 Å². The maximum absolute atomic E-state index is 13.0. The summed E-state index contributed by atoms with van der Waals surface area (Å²) in [5, 5.41) is 0. The van der Waals surface area contributed by atoms with Gasteiger partial charge in [0.05, 0.1) is 19.2 Å². The molecule has 3 aliphatic rings. The fraction of sp³-hybridized carbons (Fsp3) is 0.476. The van der Waals surface area contributed by atoms with E-state index in [1.165, 1.54) is 18.4 Å². The Morgan fingerprint density at radius 3 is 2.58 bits per heavy atom. The molecule has 136 valence electrons. The lowest BCUT2D eigenvalue weighted by atomic mass is 10.1. The molecule has 0 radical (unpaired) electrons. The topological polar surface area (TPSA) is 37.7 Å². The summed E-state index contributed by atoms with van der Waals surface area (Å²) in [4.78, 5) is 17.6. The first-order valence-electron chi connectivity index (χ1n) is 9.56. The minimum atomic E-state index is 0.217. The number of hydrogen-bond donors (Lipinski definition) is 0. The second-order valence-corrected chi connectivity index (χ2v) is 7.88. The smallest absolute Gasteiger partial charge is 0.270 e. The third-order valence-electron chi connectivity index (χ3n) is 6.07. The van der Waals surface area contributed by atoms with E-state index < -0.39 is 0 Å². The van der Waals surface area contributed by atoms with Crippen LogP contribution in [0.1, 0.15) is 34.9 Å². The molecule has 2 fully saturated rings. The standard InChI is InChI=1S/C21H25N3O2/c1-26-17-8-6-15(7-9-17)11-22-13-19-20(14-22)24(12-16-4-5-16)21(25)18-3-2-10-23(18)19/h2-3,6-10,16,19-20H,4-5,11-14H2,1H3/t19-,20+/m1/s1. The molecule has 2 aliphatic heterocycles. The summed E-state index contributed by atoms with van der Waals surface area (Å²) in [6.45, 7) is 3.79. The molecule has 0 bridgehead atoms. The van der Waals surface area contributed by atoms with E-state index in [-0.39, 0.29) is 5.91 Å². The van der Waals surface area contributed by atoms with Crippen LogP contribution in [-0.2, 0) is 6.54 Å². The van der Waals surface area contributed by atoms with Gasteiger partial charge in [0.15, 0.2) is 0 Å². The van der Waals surface area contributed by atoms with Crippen LogP contribution in [0.3, 0.4) is 0 Å². The molecule has 5 rings (SSSR count). The lowest BCUT2D eigenvalue weighted by molar-refractivity contribution is 0.0565. The molecule has 3 heterocycles. The maximum atomic E-state index is 13.0. The van der Waals surface area contributed by atoms with E-state index in [9.17, 15) is 4.79 Å². The van der Waals surface area contributed by atoms with Crippen LogP contribution in [0.15, 0.2) is 42.6 Å². The van der Waals surface area contributed by atoms with Crippen molar-refractivity contribution in [2.24, 2.45) is 5.92 Å². The van der Waals surface area contributed by atoms with Gasteiger partial charge >= 0.3 is 0 Å². The molecule has 5 nitrogen and oxygen atoms in total. The second kappa shape index (κ2) is 6.16. The molecule has 0 N–H and O–H groups in total. The fourth-order valence-electron chi connectivity index (χ4n) is 4.50. The Labute approximate surface area is 154 Å². The number of likely N-dealkylation sites (tertiary alicyclic amines) is 1. The monoisotopic (exact) mass is 351 g/mol. The highest BCUT2D eigenvalue weighted by Gasteiger charge is 2.46. The Hall–Kier alpha value is -2.27. The highest BCUT2D eigenvalue weighted by Crippen LogP contribution is 2.38. The number of aromatic nitrogens is 1. The highest BCUT2D eigenvalue weighted by atomic mass is 16.5. The van der Waals surface area contributed by atoms with Crippen molar-refractivity contribution in [1.82, 2.24) is 14.4 Å². The Balaban J connectivity index is 1.37. The molecule has 2 aromatic rings. The first kappa shape index (κ1) is 15.9. The van der Waals surface area contributed by atoms with Gasteiger partial charge in [-0.1, -0.05) is 12.1 Å². The zero-order valence-electron chi connectivity index (χ0n) is 15.2. The lowest BCUT2D eigenvalue weighted by Gasteiger charge is -2.38. The molecule has 26 heavy (non-hydrogen) atoms. The summed E-state index contributed by atoms with van der Waals surface area (Å²) in [5.74, 6) is 1.83. The quantitative estimate of drug-likeness (QED) is 0.831. The number of fused-ring (bicyclic) bond motifs is 3. The minimum absolute atomic E-state index is 0.217. The Kier molecular flexibility index (Phi) is 3.78. The lowest BCUT2D eigenvalue weighted by Crippen LogP contribution is -2.51. The third-order valence-corrected chi connectivity index (χ3v) is 6.07. The van der Waals surface area contributed by atoms with E-state index in [0.717, 1.165) is 43.5 Å². The van der Waals surface area contributed by atoms with Crippen molar-refractivity contribution in [3.05, 3.63) is 53.9 Å². The molecule has 1 saturated carbocycles. The number of ether oxygens (including phenoxy) is 1. The molecular formula is C21H25N3O2. The zero-order valence-corrected chi connectivity index (χ0v) is 15.2. The van der Waals surface area contributed by atoms with Gasteiger partial charge in [-0.3, -0.25) is 9.69 Å². The summed E-state index contributed by atoms with van der Waals surface area (Å²) in [6.07, 6.45) is 4.63. The van der Waals surface area contributed by atoms with Crippen molar-refractivity contribution in [2.75, 3.05) is 26.7 Å². The van der Waals surface area contributed by atoms with Crippen LogP contribution in [0.5, 0.6) is 5.75 Å². The Bertz CT molecular complexity index is 809. The van der Waals surface area contributed by atoms with Crippen molar-refractivity contribution in [3.63, 3.8) is 0 Å². The average Bonchev–Trinajstić information content (AvgIpc) is 3.17.